The monoisotopic (exact) mass is 506 g/mol. The average Bonchev–Trinajstić information content (AvgIpc) is 3.31. The van der Waals surface area contributed by atoms with Gasteiger partial charge in [-0.1, -0.05) is 29.4 Å². The zero-order chi connectivity index (χ0) is 25.4. The van der Waals surface area contributed by atoms with Crippen LogP contribution in [0.3, 0.4) is 0 Å². The smallest absolute Gasteiger partial charge is 0.406 e. The number of piperidine rings is 1. The van der Waals surface area contributed by atoms with E-state index in [2.05, 4.69) is 14.9 Å². The van der Waals surface area contributed by atoms with Gasteiger partial charge in [-0.3, -0.25) is 0 Å². The van der Waals surface area contributed by atoms with Gasteiger partial charge in [0.25, 0.3) is 0 Å². The van der Waals surface area contributed by atoms with Gasteiger partial charge < -0.3 is 24.2 Å². The fraction of sp³-hybridized carbons (Fsp3) is 0.375. The first-order valence-corrected chi connectivity index (χ1v) is 11.3. The average molecular weight is 506 g/mol. The molecule has 36 heavy (non-hydrogen) atoms. The van der Waals surface area contributed by atoms with Gasteiger partial charge in [-0.15, -0.1) is 13.2 Å². The highest BCUT2D eigenvalue weighted by Gasteiger charge is 2.39. The van der Waals surface area contributed by atoms with E-state index in [1.54, 1.807) is 11.0 Å². The van der Waals surface area contributed by atoms with Gasteiger partial charge in [0, 0.05) is 24.6 Å². The molecule has 3 aromatic rings. The first kappa shape index (κ1) is 24.0. The Bertz CT molecular complexity index is 1230. The Hall–Kier alpha value is -3.67. The summed E-state index contributed by atoms with van der Waals surface area (Å²) in [5.74, 6) is -0.884. The third kappa shape index (κ3) is 5.27. The molecule has 2 atom stereocenters. The van der Waals surface area contributed by atoms with Crippen LogP contribution in [0.1, 0.15) is 29.7 Å². The number of likely N-dealkylation sites (tertiary alicyclic amines) is 2. The number of rotatable bonds is 4. The molecule has 8 nitrogen and oxygen atoms in total. The lowest BCUT2D eigenvalue weighted by atomic mass is 9.84. The quantitative estimate of drug-likeness (QED) is 0.535. The number of aromatic nitrogens is 2. The molecule has 2 fully saturated rings. The van der Waals surface area contributed by atoms with Gasteiger partial charge >= 0.3 is 12.4 Å². The van der Waals surface area contributed by atoms with E-state index in [1.165, 1.54) is 47.4 Å². The molecule has 3 heterocycles. The van der Waals surface area contributed by atoms with Crippen LogP contribution in [0.5, 0.6) is 5.75 Å². The van der Waals surface area contributed by atoms with E-state index < -0.39 is 18.3 Å². The SMILES string of the molecule is O=C(N1CC(O)C1)N1CC(c2ccc(OC(F)(F)F)cc2)CC(c2nc(-c3cccc(F)c3)no2)C1. The van der Waals surface area contributed by atoms with Gasteiger partial charge in [-0.25, -0.2) is 9.18 Å². The number of halogens is 4. The minimum Gasteiger partial charge on any atom is -0.406 e. The van der Waals surface area contributed by atoms with Crippen molar-refractivity contribution in [1.29, 1.82) is 0 Å². The Morgan fingerprint density at radius 2 is 1.72 bits per heavy atom. The molecule has 0 spiro atoms. The van der Waals surface area contributed by atoms with E-state index in [1.807, 2.05) is 0 Å². The summed E-state index contributed by atoms with van der Waals surface area (Å²) in [6.07, 6.45) is -4.85. The van der Waals surface area contributed by atoms with Crippen molar-refractivity contribution in [2.45, 2.75) is 30.7 Å². The fourth-order valence-electron chi connectivity index (χ4n) is 4.57. The molecular formula is C24H22F4N4O4. The molecule has 190 valence electrons. The molecule has 1 N–H and O–H groups in total. The van der Waals surface area contributed by atoms with E-state index in [-0.39, 0.29) is 55.0 Å². The number of ether oxygens (including phenoxy) is 1. The normalized spacial score (nSPS) is 20.8. The molecule has 2 amide bonds. The Balaban J connectivity index is 1.39. The summed E-state index contributed by atoms with van der Waals surface area (Å²) in [5.41, 5.74) is 1.17. The number of β-amino-alcohol motifs (C(OH)–C–C–N with tert-alkyl or cyclic N) is 1. The summed E-state index contributed by atoms with van der Waals surface area (Å²) in [5, 5.41) is 13.6. The number of hydrogen-bond acceptors (Lipinski definition) is 6. The van der Waals surface area contributed by atoms with Gasteiger partial charge in [0.2, 0.25) is 11.7 Å². The third-order valence-electron chi connectivity index (χ3n) is 6.31. The molecule has 0 bridgehead atoms. The number of alkyl halides is 3. The van der Waals surface area contributed by atoms with Gasteiger partial charge in [-0.05, 0) is 36.2 Å². The molecule has 5 rings (SSSR count). The van der Waals surface area contributed by atoms with E-state index >= 15 is 0 Å². The Morgan fingerprint density at radius 3 is 2.39 bits per heavy atom. The van der Waals surface area contributed by atoms with Crippen LogP contribution >= 0.6 is 0 Å². The minimum atomic E-state index is -4.79. The summed E-state index contributed by atoms with van der Waals surface area (Å²) < 4.78 is 60.7. The summed E-state index contributed by atoms with van der Waals surface area (Å²) in [7, 11) is 0. The summed E-state index contributed by atoms with van der Waals surface area (Å²) in [4.78, 5) is 20.6. The second-order valence-corrected chi connectivity index (χ2v) is 8.96. The molecule has 0 radical (unpaired) electrons. The van der Waals surface area contributed by atoms with Gasteiger partial charge in [0.1, 0.15) is 11.6 Å². The first-order valence-electron chi connectivity index (χ1n) is 11.3. The number of carbonyl (C=O) groups excluding carboxylic acids is 1. The predicted octanol–water partition coefficient (Wildman–Crippen LogP) is 4.14. The summed E-state index contributed by atoms with van der Waals surface area (Å²) >= 11 is 0. The van der Waals surface area contributed by atoms with E-state index in [0.717, 1.165) is 5.56 Å². The Labute approximate surface area is 203 Å². The number of benzene rings is 2. The lowest BCUT2D eigenvalue weighted by molar-refractivity contribution is -0.274. The number of aliphatic hydroxyl groups is 1. The van der Waals surface area contributed by atoms with Crippen LogP contribution in [0.2, 0.25) is 0 Å². The number of carbonyl (C=O) groups is 1. The zero-order valence-electron chi connectivity index (χ0n) is 18.9. The van der Waals surface area contributed by atoms with Crippen molar-refractivity contribution in [2.75, 3.05) is 26.2 Å². The van der Waals surface area contributed by atoms with E-state index in [0.29, 0.717) is 18.5 Å². The number of urea groups is 1. The van der Waals surface area contributed by atoms with Crippen LogP contribution in [-0.4, -0.2) is 69.7 Å². The molecule has 0 aliphatic carbocycles. The van der Waals surface area contributed by atoms with Crippen LogP contribution in [0, 0.1) is 5.82 Å². The Morgan fingerprint density at radius 1 is 1.03 bits per heavy atom. The van der Waals surface area contributed by atoms with Crippen LogP contribution in [0.15, 0.2) is 53.1 Å². The maximum Gasteiger partial charge on any atom is 0.573 e. The second kappa shape index (κ2) is 9.41. The maximum absolute atomic E-state index is 13.6. The van der Waals surface area contributed by atoms with Crippen LogP contribution in [-0.2, 0) is 0 Å². The Kier molecular flexibility index (Phi) is 6.29. The highest BCUT2D eigenvalue weighted by molar-refractivity contribution is 5.75. The van der Waals surface area contributed by atoms with Crippen molar-refractivity contribution < 1.29 is 36.7 Å². The fourth-order valence-corrected chi connectivity index (χ4v) is 4.57. The molecule has 2 aliphatic rings. The molecule has 1 aromatic heterocycles. The molecule has 12 heteroatoms. The number of aliphatic hydroxyl groups excluding tert-OH is 1. The molecule has 2 unspecified atom stereocenters. The van der Waals surface area contributed by atoms with Gasteiger partial charge in [0.15, 0.2) is 0 Å². The summed E-state index contributed by atoms with van der Waals surface area (Å²) in [6, 6.07) is 11.1. The molecule has 2 saturated heterocycles. The first-order chi connectivity index (χ1) is 17.1. The topological polar surface area (TPSA) is 91.9 Å². The predicted molar refractivity (Wildman–Crippen MR) is 117 cm³/mol. The molecular weight excluding hydrogens is 484 g/mol. The van der Waals surface area contributed by atoms with Crippen molar-refractivity contribution in [2.24, 2.45) is 0 Å². The van der Waals surface area contributed by atoms with Crippen molar-refractivity contribution in [3.63, 3.8) is 0 Å². The summed E-state index contributed by atoms with van der Waals surface area (Å²) in [6.45, 7) is 1.07. The molecule has 2 aromatic carbocycles. The largest absolute Gasteiger partial charge is 0.573 e. The minimum absolute atomic E-state index is 0.212. The van der Waals surface area contributed by atoms with Crippen molar-refractivity contribution in [1.82, 2.24) is 19.9 Å². The van der Waals surface area contributed by atoms with Crippen LogP contribution in [0.4, 0.5) is 22.4 Å². The lowest BCUT2D eigenvalue weighted by Crippen LogP contribution is -2.59. The second-order valence-electron chi connectivity index (χ2n) is 8.96. The van der Waals surface area contributed by atoms with E-state index in [4.69, 9.17) is 4.52 Å². The standard InChI is InChI=1S/C24H22F4N4O4/c25-18-3-1-2-15(9-18)21-29-22(36-30-21)17-8-16(10-31(11-17)23(34)32-12-19(33)13-32)14-4-6-20(7-5-14)35-24(26,27)28/h1-7,9,16-17,19,33H,8,10-13H2. The third-order valence-corrected chi connectivity index (χ3v) is 6.31. The van der Waals surface area contributed by atoms with Crippen molar-refractivity contribution >= 4 is 6.03 Å². The lowest BCUT2D eigenvalue weighted by Gasteiger charge is -2.43. The van der Waals surface area contributed by atoms with Gasteiger partial charge in [0.05, 0.1) is 25.1 Å². The van der Waals surface area contributed by atoms with Crippen LogP contribution in [0.25, 0.3) is 11.4 Å². The van der Waals surface area contributed by atoms with Crippen LogP contribution < -0.4 is 4.74 Å². The maximum atomic E-state index is 13.6. The highest BCUT2D eigenvalue weighted by atomic mass is 19.4. The van der Waals surface area contributed by atoms with E-state index in [9.17, 15) is 27.5 Å². The van der Waals surface area contributed by atoms with Gasteiger partial charge in [-0.2, -0.15) is 4.98 Å². The number of hydrogen-bond donors (Lipinski definition) is 1. The van der Waals surface area contributed by atoms with Crippen molar-refractivity contribution in [3.05, 3.63) is 65.8 Å². The molecule has 2 aliphatic heterocycles. The zero-order valence-corrected chi connectivity index (χ0v) is 18.9. The number of nitrogens with zero attached hydrogens (tertiary/aromatic N) is 4. The molecule has 0 saturated carbocycles. The number of amides is 2. The highest BCUT2D eigenvalue weighted by Crippen LogP contribution is 2.37. The van der Waals surface area contributed by atoms with Crippen molar-refractivity contribution in [3.8, 4) is 17.1 Å².